The molecule has 192 valence electrons. The lowest BCUT2D eigenvalue weighted by molar-refractivity contribution is -0.126. The van der Waals surface area contributed by atoms with Crippen LogP contribution in [0.1, 0.15) is 19.3 Å². The summed E-state index contributed by atoms with van der Waals surface area (Å²) < 4.78 is 32.7. The van der Waals surface area contributed by atoms with Crippen molar-refractivity contribution in [2.45, 2.75) is 24.2 Å². The van der Waals surface area contributed by atoms with Crippen molar-refractivity contribution in [1.82, 2.24) is 14.6 Å². The van der Waals surface area contributed by atoms with Crippen LogP contribution in [0.3, 0.4) is 0 Å². The van der Waals surface area contributed by atoms with E-state index >= 15 is 0 Å². The maximum atomic E-state index is 13.1. The van der Waals surface area contributed by atoms with Gasteiger partial charge in [0, 0.05) is 48.5 Å². The molecule has 1 fully saturated rings. The van der Waals surface area contributed by atoms with Crippen LogP contribution in [0.15, 0.2) is 53.6 Å². The summed E-state index contributed by atoms with van der Waals surface area (Å²) in [5.74, 6) is -0.127. The number of ether oxygens (including phenoxy) is 1. The van der Waals surface area contributed by atoms with E-state index in [9.17, 15) is 13.2 Å². The predicted molar refractivity (Wildman–Crippen MR) is 142 cm³/mol. The maximum absolute atomic E-state index is 13.1. The van der Waals surface area contributed by atoms with Gasteiger partial charge in [0.1, 0.15) is 5.75 Å². The molecule has 3 aromatic rings. The van der Waals surface area contributed by atoms with Gasteiger partial charge in [0.2, 0.25) is 15.9 Å². The summed E-state index contributed by atoms with van der Waals surface area (Å²) in [6.07, 6.45) is 3.70. The molecule has 1 saturated heterocycles. The average Bonchev–Trinajstić information content (AvgIpc) is 2.88. The van der Waals surface area contributed by atoms with Gasteiger partial charge in [0.05, 0.1) is 28.5 Å². The largest absolute Gasteiger partial charge is 0.495 e. The van der Waals surface area contributed by atoms with E-state index in [-0.39, 0.29) is 22.4 Å². The number of benzene rings is 2. The first kappa shape index (κ1) is 26.5. The third-order valence-electron chi connectivity index (χ3n) is 6.19. The number of anilines is 1. The molecule has 0 spiro atoms. The second-order valence-corrected chi connectivity index (χ2v) is 11.4. The van der Waals surface area contributed by atoms with Crippen LogP contribution >= 0.6 is 23.2 Å². The Balaban J connectivity index is 1.28. The molecule has 0 saturated carbocycles. The molecule has 1 aromatic heterocycles. The van der Waals surface area contributed by atoms with Crippen LogP contribution in [0.5, 0.6) is 5.75 Å². The number of nitrogens with one attached hydrogen (secondary N) is 2. The molecule has 1 atom stereocenters. The smallest absolute Gasteiger partial charge is 0.243 e. The number of carbonyl (C=O) groups excluding carboxylic acids is 1. The van der Waals surface area contributed by atoms with Crippen molar-refractivity contribution in [1.29, 1.82) is 0 Å². The molecule has 2 N–H and O–H groups in total. The first-order valence-corrected chi connectivity index (χ1v) is 13.9. The number of hydrogen-bond donors (Lipinski definition) is 2. The molecule has 0 bridgehead atoms. The molecule has 0 unspecified atom stereocenters. The lowest BCUT2D eigenvalue weighted by Gasteiger charge is -2.31. The monoisotopic (exact) mass is 550 g/mol. The van der Waals surface area contributed by atoms with Gasteiger partial charge < -0.3 is 15.4 Å². The van der Waals surface area contributed by atoms with Gasteiger partial charge >= 0.3 is 0 Å². The number of carbonyl (C=O) groups is 1. The van der Waals surface area contributed by atoms with Crippen molar-refractivity contribution < 1.29 is 17.9 Å². The van der Waals surface area contributed by atoms with Crippen LogP contribution in [-0.4, -0.2) is 56.9 Å². The fourth-order valence-corrected chi connectivity index (χ4v) is 6.31. The average molecular weight is 551 g/mol. The Morgan fingerprint density at radius 1 is 1.17 bits per heavy atom. The van der Waals surface area contributed by atoms with Gasteiger partial charge in [-0.15, -0.1) is 0 Å². The van der Waals surface area contributed by atoms with Crippen LogP contribution in [-0.2, 0) is 14.8 Å². The number of halogens is 2. The zero-order valence-electron chi connectivity index (χ0n) is 19.8. The second kappa shape index (κ2) is 11.6. The molecule has 11 heteroatoms. The van der Waals surface area contributed by atoms with Gasteiger partial charge in [0.25, 0.3) is 0 Å². The first-order valence-electron chi connectivity index (χ1n) is 11.7. The summed E-state index contributed by atoms with van der Waals surface area (Å²) in [6, 6.07) is 11.9. The fourth-order valence-electron chi connectivity index (χ4n) is 4.27. The van der Waals surface area contributed by atoms with Crippen molar-refractivity contribution >= 4 is 55.7 Å². The van der Waals surface area contributed by atoms with Crippen LogP contribution in [0.4, 0.5) is 5.69 Å². The highest BCUT2D eigenvalue weighted by Gasteiger charge is 2.33. The Morgan fingerprint density at radius 3 is 2.78 bits per heavy atom. The predicted octanol–water partition coefficient (Wildman–Crippen LogP) is 4.57. The summed E-state index contributed by atoms with van der Waals surface area (Å²) >= 11 is 12.2. The number of aromatic nitrogens is 1. The van der Waals surface area contributed by atoms with Gasteiger partial charge in [-0.2, -0.15) is 4.31 Å². The summed E-state index contributed by atoms with van der Waals surface area (Å²) in [6.45, 7) is 1.65. The van der Waals surface area contributed by atoms with Gasteiger partial charge in [-0.05, 0) is 61.7 Å². The number of nitrogens with zero attached hydrogens (tertiary/aromatic N) is 2. The van der Waals surface area contributed by atoms with Crippen molar-refractivity contribution in [3.63, 3.8) is 0 Å². The molecule has 1 aliphatic rings. The molecule has 0 aliphatic carbocycles. The molecule has 8 nitrogen and oxygen atoms in total. The zero-order valence-corrected chi connectivity index (χ0v) is 22.2. The molecule has 36 heavy (non-hydrogen) atoms. The lowest BCUT2D eigenvalue weighted by Crippen LogP contribution is -2.45. The Kier molecular flexibility index (Phi) is 8.56. The van der Waals surface area contributed by atoms with E-state index in [1.54, 1.807) is 6.20 Å². The van der Waals surface area contributed by atoms with Crippen molar-refractivity contribution in [2.75, 3.05) is 38.6 Å². The molecular weight excluding hydrogens is 523 g/mol. The summed E-state index contributed by atoms with van der Waals surface area (Å²) in [4.78, 5) is 17.2. The number of pyridine rings is 1. The van der Waals surface area contributed by atoms with Crippen molar-refractivity contribution in [3.8, 4) is 5.75 Å². The van der Waals surface area contributed by atoms with E-state index in [2.05, 4.69) is 15.6 Å². The van der Waals surface area contributed by atoms with Crippen molar-refractivity contribution in [2.24, 2.45) is 5.92 Å². The van der Waals surface area contributed by atoms with Crippen LogP contribution in [0.25, 0.3) is 10.9 Å². The Morgan fingerprint density at radius 2 is 2.00 bits per heavy atom. The lowest BCUT2D eigenvalue weighted by atomic mass is 9.99. The van der Waals surface area contributed by atoms with Crippen LogP contribution < -0.4 is 15.4 Å². The maximum Gasteiger partial charge on any atom is 0.243 e. The molecule has 2 aromatic carbocycles. The van der Waals surface area contributed by atoms with E-state index in [0.29, 0.717) is 49.7 Å². The third-order valence-corrected chi connectivity index (χ3v) is 8.58. The summed E-state index contributed by atoms with van der Waals surface area (Å²) in [7, 11) is -2.30. The minimum atomic E-state index is -3.77. The Bertz CT molecular complexity index is 1350. The Hall–Kier alpha value is -2.59. The number of fused-ring (bicyclic) bond motifs is 1. The number of amides is 1. The molecule has 2 heterocycles. The quantitative estimate of drug-likeness (QED) is 0.378. The van der Waals surface area contributed by atoms with Gasteiger partial charge in [0.15, 0.2) is 0 Å². The van der Waals surface area contributed by atoms with Crippen molar-refractivity contribution in [3.05, 3.63) is 58.7 Å². The van der Waals surface area contributed by atoms with E-state index < -0.39 is 15.9 Å². The van der Waals surface area contributed by atoms with Gasteiger partial charge in [-0.3, -0.25) is 9.78 Å². The topological polar surface area (TPSA) is 101 Å². The summed E-state index contributed by atoms with van der Waals surface area (Å²) in [5, 5.41) is 8.17. The number of sulfonamides is 1. The normalized spacial score (nSPS) is 16.6. The van der Waals surface area contributed by atoms with E-state index in [1.807, 2.05) is 24.3 Å². The molecule has 4 rings (SSSR count). The number of methoxy groups -OCH3 is 1. The minimum Gasteiger partial charge on any atom is -0.495 e. The highest BCUT2D eigenvalue weighted by molar-refractivity contribution is 7.89. The van der Waals surface area contributed by atoms with Crippen LogP contribution in [0, 0.1) is 5.92 Å². The SMILES string of the molecule is COc1ccc(S(=O)(=O)N2CCC[C@H](C(=O)NCCCNc3ccnc4cc(Cl)ccc34)C2)cc1Cl. The second-order valence-electron chi connectivity index (χ2n) is 8.59. The highest BCUT2D eigenvalue weighted by Crippen LogP contribution is 2.30. The molecular formula is C25H28Cl2N4O4S. The highest BCUT2D eigenvalue weighted by atomic mass is 35.5. The number of piperidine rings is 1. The molecule has 0 radical (unpaired) electrons. The van der Waals surface area contributed by atoms with E-state index in [4.69, 9.17) is 27.9 Å². The van der Waals surface area contributed by atoms with E-state index in [1.165, 1.54) is 29.6 Å². The number of rotatable bonds is 9. The Labute approximate surface area is 221 Å². The molecule has 1 amide bonds. The van der Waals surface area contributed by atoms with Crippen LogP contribution in [0.2, 0.25) is 10.0 Å². The zero-order chi connectivity index (χ0) is 25.7. The van der Waals surface area contributed by atoms with Gasteiger partial charge in [-0.1, -0.05) is 23.2 Å². The number of hydrogen-bond acceptors (Lipinski definition) is 6. The minimum absolute atomic E-state index is 0.0892. The van der Waals surface area contributed by atoms with E-state index in [0.717, 1.165) is 16.6 Å². The fraction of sp³-hybridized carbons (Fsp3) is 0.360. The first-order chi connectivity index (χ1) is 17.3. The summed E-state index contributed by atoms with van der Waals surface area (Å²) in [5.41, 5.74) is 1.77. The standard InChI is InChI=1S/C25H28Cl2N4O4S/c1-35-24-8-6-19(15-21(24)27)36(33,34)31-13-2-4-17(16-31)25(32)30-11-3-10-28-22-9-12-29-23-14-18(26)5-7-20(22)23/h5-9,12,14-15,17H,2-4,10-11,13,16H2,1H3,(H,28,29)(H,30,32)/t17-/m0/s1. The van der Waals surface area contributed by atoms with Gasteiger partial charge in [-0.25, -0.2) is 8.42 Å². The third kappa shape index (κ3) is 6.03. The molecule has 1 aliphatic heterocycles.